The SMILES string of the molecule is CCCCC(Oc1ccccc1I)C(=O)O. The third kappa shape index (κ3) is 4.00. The van der Waals surface area contributed by atoms with Crippen LogP contribution in [-0.2, 0) is 4.79 Å². The molecule has 4 heteroatoms. The molecule has 1 N–H and O–H groups in total. The lowest BCUT2D eigenvalue weighted by atomic mass is 10.1. The fourth-order valence-electron chi connectivity index (χ4n) is 1.32. The average molecular weight is 334 g/mol. The van der Waals surface area contributed by atoms with Crippen LogP contribution >= 0.6 is 22.6 Å². The molecule has 0 saturated heterocycles. The minimum Gasteiger partial charge on any atom is -0.479 e. The second kappa shape index (κ2) is 6.73. The molecular formula is C12H15IO3. The summed E-state index contributed by atoms with van der Waals surface area (Å²) >= 11 is 2.14. The van der Waals surface area contributed by atoms with Gasteiger partial charge in [0.15, 0.2) is 6.10 Å². The lowest BCUT2D eigenvalue weighted by Gasteiger charge is -2.15. The zero-order chi connectivity index (χ0) is 12.0. The molecule has 1 aromatic carbocycles. The maximum Gasteiger partial charge on any atom is 0.344 e. The zero-order valence-corrected chi connectivity index (χ0v) is 11.3. The van der Waals surface area contributed by atoms with Crippen LogP contribution in [0.1, 0.15) is 26.2 Å². The molecule has 88 valence electrons. The molecule has 16 heavy (non-hydrogen) atoms. The number of unbranched alkanes of at least 4 members (excludes halogenated alkanes) is 1. The van der Waals surface area contributed by atoms with Crippen molar-refractivity contribution in [3.8, 4) is 5.75 Å². The van der Waals surface area contributed by atoms with E-state index in [0.717, 1.165) is 16.4 Å². The molecule has 0 heterocycles. The van der Waals surface area contributed by atoms with Gasteiger partial charge in [-0.15, -0.1) is 0 Å². The smallest absolute Gasteiger partial charge is 0.344 e. The van der Waals surface area contributed by atoms with E-state index in [1.165, 1.54) is 0 Å². The van der Waals surface area contributed by atoms with Crippen LogP contribution < -0.4 is 4.74 Å². The molecule has 1 aromatic rings. The standard InChI is InChI=1S/C12H15IO3/c1-2-3-7-11(12(14)15)16-10-8-5-4-6-9(10)13/h4-6,8,11H,2-3,7H2,1H3,(H,14,15). The molecule has 0 spiro atoms. The predicted molar refractivity (Wildman–Crippen MR) is 70.7 cm³/mol. The second-order valence-corrected chi connectivity index (χ2v) is 4.68. The molecule has 0 amide bonds. The van der Waals surface area contributed by atoms with Gasteiger partial charge in [-0.3, -0.25) is 0 Å². The van der Waals surface area contributed by atoms with Gasteiger partial charge in [0.05, 0.1) is 3.57 Å². The Labute approximate surface area is 109 Å². The Kier molecular flexibility index (Phi) is 5.59. The number of carboxylic acids is 1. The summed E-state index contributed by atoms with van der Waals surface area (Å²) in [5.74, 6) is -0.250. The van der Waals surface area contributed by atoms with Crippen molar-refractivity contribution in [3.05, 3.63) is 27.8 Å². The molecule has 1 rings (SSSR count). The van der Waals surface area contributed by atoms with Crippen LogP contribution in [0.2, 0.25) is 0 Å². The summed E-state index contributed by atoms with van der Waals surface area (Å²) in [7, 11) is 0. The highest BCUT2D eigenvalue weighted by atomic mass is 127. The summed E-state index contributed by atoms with van der Waals surface area (Å²) in [6, 6.07) is 7.44. The number of aliphatic carboxylic acids is 1. The van der Waals surface area contributed by atoms with E-state index in [9.17, 15) is 4.79 Å². The number of carbonyl (C=O) groups is 1. The summed E-state index contributed by atoms with van der Waals surface area (Å²) in [6.45, 7) is 2.03. The predicted octanol–water partition coefficient (Wildman–Crippen LogP) is 3.31. The number of para-hydroxylation sites is 1. The van der Waals surface area contributed by atoms with Crippen LogP contribution in [0.5, 0.6) is 5.75 Å². The molecule has 0 aliphatic rings. The highest BCUT2D eigenvalue weighted by Gasteiger charge is 2.19. The normalized spacial score (nSPS) is 12.1. The Morgan fingerprint density at radius 1 is 1.50 bits per heavy atom. The molecule has 0 radical (unpaired) electrons. The first-order chi connectivity index (χ1) is 7.65. The van der Waals surface area contributed by atoms with Crippen molar-refractivity contribution in [1.82, 2.24) is 0 Å². The van der Waals surface area contributed by atoms with Crippen molar-refractivity contribution < 1.29 is 14.6 Å². The first kappa shape index (κ1) is 13.3. The van der Waals surface area contributed by atoms with Crippen LogP contribution in [0, 0.1) is 3.57 Å². The Hall–Kier alpha value is -0.780. The van der Waals surface area contributed by atoms with E-state index in [2.05, 4.69) is 22.6 Å². The fraction of sp³-hybridized carbons (Fsp3) is 0.417. The van der Waals surface area contributed by atoms with Crippen molar-refractivity contribution in [2.75, 3.05) is 0 Å². The minimum absolute atomic E-state index is 0.552. The third-order valence-corrected chi connectivity index (χ3v) is 3.09. The summed E-state index contributed by atoms with van der Waals surface area (Å²) in [5, 5.41) is 9.02. The van der Waals surface area contributed by atoms with Gasteiger partial charge in [-0.2, -0.15) is 0 Å². The molecule has 3 nitrogen and oxygen atoms in total. The Morgan fingerprint density at radius 2 is 2.19 bits per heavy atom. The first-order valence-electron chi connectivity index (χ1n) is 5.29. The van der Waals surface area contributed by atoms with Gasteiger partial charge >= 0.3 is 5.97 Å². The van der Waals surface area contributed by atoms with Crippen molar-refractivity contribution in [2.24, 2.45) is 0 Å². The molecule has 0 aliphatic carbocycles. The second-order valence-electron chi connectivity index (χ2n) is 3.52. The van der Waals surface area contributed by atoms with Gasteiger partial charge in [-0.05, 0) is 47.6 Å². The van der Waals surface area contributed by atoms with Gasteiger partial charge in [0, 0.05) is 0 Å². The maximum absolute atomic E-state index is 11.0. The van der Waals surface area contributed by atoms with Crippen molar-refractivity contribution in [1.29, 1.82) is 0 Å². The highest BCUT2D eigenvalue weighted by molar-refractivity contribution is 14.1. The van der Waals surface area contributed by atoms with Gasteiger partial charge in [0.25, 0.3) is 0 Å². The van der Waals surface area contributed by atoms with Crippen LogP contribution in [0.15, 0.2) is 24.3 Å². The van der Waals surface area contributed by atoms with E-state index >= 15 is 0 Å². The quantitative estimate of drug-likeness (QED) is 0.812. The molecule has 1 atom stereocenters. The number of ether oxygens (including phenoxy) is 1. The van der Waals surface area contributed by atoms with E-state index < -0.39 is 12.1 Å². The molecule has 0 aliphatic heterocycles. The minimum atomic E-state index is -0.895. The third-order valence-electron chi connectivity index (χ3n) is 2.20. The van der Waals surface area contributed by atoms with E-state index in [1.807, 2.05) is 25.1 Å². The van der Waals surface area contributed by atoms with Crippen LogP contribution in [0.25, 0.3) is 0 Å². The van der Waals surface area contributed by atoms with Gasteiger partial charge in [0.2, 0.25) is 0 Å². The molecular weight excluding hydrogens is 319 g/mol. The number of halogens is 1. The maximum atomic E-state index is 11.0. The largest absolute Gasteiger partial charge is 0.479 e. The Balaban J connectivity index is 2.68. The topological polar surface area (TPSA) is 46.5 Å². The number of hydrogen-bond acceptors (Lipinski definition) is 2. The number of hydrogen-bond donors (Lipinski definition) is 1. The Morgan fingerprint density at radius 3 is 2.75 bits per heavy atom. The monoisotopic (exact) mass is 334 g/mol. The fourth-order valence-corrected chi connectivity index (χ4v) is 1.83. The molecule has 0 bridgehead atoms. The lowest BCUT2D eigenvalue weighted by Crippen LogP contribution is -2.27. The molecule has 0 fully saturated rings. The average Bonchev–Trinajstić information content (AvgIpc) is 2.26. The van der Waals surface area contributed by atoms with Gasteiger partial charge < -0.3 is 9.84 Å². The summed E-state index contributed by atoms with van der Waals surface area (Å²) in [5.41, 5.74) is 0. The van der Waals surface area contributed by atoms with Crippen molar-refractivity contribution in [2.45, 2.75) is 32.3 Å². The lowest BCUT2D eigenvalue weighted by molar-refractivity contribution is -0.145. The summed E-state index contributed by atoms with van der Waals surface area (Å²) in [6.07, 6.45) is 1.65. The number of rotatable bonds is 6. The zero-order valence-electron chi connectivity index (χ0n) is 9.15. The van der Waals surface area contributed by atoms with E-state index in [0.29, 0.717) is 12.2 Å². The van der Waals surface area contributed by atoms with E-state index in [1.54, 1.807) is 6.07 Å². The summed E-state index contributed by atoms with van der Waals surface area (Å²) < 4.78 is 6.43. The molecule has 0 aromatic heterocycles. The van der Waals surface area contributed by atoms with Crippen LogP contribution in [0.3, 0.4) is 0 Å². The first-order valence-corrected chi connectivity index (χ1v) is 6.37. The van der Waals surface area contributed by atoms with Gasteiger partial charge in [-0.1, -0.05) is 25.5 Å². The Bertz CT molecular complexity index is 352. The molecule has 0 saturated carbocycles. The summed E-state index contributed by atoms with van der Waals surface area (Å²) in [4.78, 5) is 11.0. The van der Waals surface area contributed by atoms with Crippen LogP contribution in [-0.4, -0.2) is 17.2 Å². The van der Waals surface area contributed by atoms with Crippen molar-refractivity contribution >= 4 is 28.6 Å². The number of carboxylic acid groups (broad SMARTS) is 1. The van der Waals surface area contributed by atoms with Gasteiger partial charge in [0.1, 0.15) is 5.75 Å². The highest BCUT2D eigenvalue weighted by Crippen LogP contribution is 2.22. The van der Waals surface area contributed by atoms with E-state index in [4.69, 9.17) is 9.84 Å². The van der Waals surface area contributed by atoms with E-state index in [-0.39, 0.29) is 0 Å². The number of benzene rings is 1. The van der Waals surface area contributed by atoms with Gasteiger partial charge in [-0.25, -0.2) is 4.79 Å². The van der Waals surface area contributed by atoms with Crippen molar-refractivity contribution in [3.63, 3.8) is 0 Å². The molecule has 1 unspecified atom stereocenters. The van der Waals surface area contributed by atoms with Crippen LogP contribution in [0.4, 0.5) is 0 Å².